The van der Waals surface area contributed by atoms with Gasteiger partial charge in [0.2, 0.25) is 17.1 Å². The number of nitrogens with zero attached hydrogens (tertiary/aromatic N) is 2. The molecule has 5 nitrogen and oxygen atoms in total. The average Bonchev–Trinajstić information content (AvgIpc) is 2.65. The molecule has 0 saturated carbocycles. The van der Waals surface area contributed by atoms with Crippen molar-refractivity contribution in [2.24, 2.45) is 10.9 Å². The number of ketones is 1. The van der Waals surface area contributed by atoms with E-state index in [0.29, 0.717) is 0 Å². The molecule has 1 heterocycles. The first kappa shape index (κ1) is 11.1. The first-order chi connectivity index (χ1) is 8.46. The van der Waals surface area contributed by atoms with Crippen molar-refractivity contribution < 1.29 is 15.0 Å². The maximum atomic E-state index is 12.3. The van der Waals surface area contributed by atoms with E-state index >= 15 is 0 Å². The van der Waals surface area contributed by atoms with Crippen LogP contribution in [0.1, 0.15) is 22.8 Å². The van der Waals surface area contributed by atoms with E-state index in [4.69, 9.17) is 5.26 Å². The fourth-order valence-electron chi connectivity index (χ4n) is 2.84. The summed E-state index contributed by atoms with van der Waals surface area (Å²) in [6.45, 7) is 1.53. The maximum absolute atomic E-state index is 12.3. The standard InChI is InChI=1S/C13H10N2O3/c1-7-10(6-14)12(17)11(16)8-4-2-3-5-9(8)13(12,18)15-7/h2-5,10,17-18H,1H3/t10?,12-,13-/m1/s1. The second-order valence-electron chi connectivity index (χ2n) is 4.63. The largest absolute Gasteiger partial charge is 0.375 e. The Bertz CT molecular complexity index is 646. The molecule has 0 saturated heterocycles. The summed E-state index contributed by atoms with van der Waals surface area (Å²) in [5, 5.41) is 30.3. The van der Waals surface area contributed by atoms with E-state index in [1.807, 2.05) is 6.07 Å². The van der Waals surface area contributed by atoms with Crippen LogP contribution < -0.4 is 0 Å². The lowest BCUT2D eigenvalue weighted by Crippen LogP contribution is -2.53. The molecule has 0 aromatic heterocycles. The quantitative estimate of drug-likeness (QED) is 0.687. The first-order valence-electron chi connectivity index (χ1n) is 5.52. The van der Waals surface area contributed by atoms with Crippen molar-refractivity contribution in [3.05, 3.63) is 35.4 Å². The topological polar surface area (TPSA) is 93.7 Å². The van der Waals surface area contributed by atoms with Gasteiger partial charge in [0.25, 0.3) is 0 Å². The number of aliphatic imine (C=N–C) groups is 1. The van der Waals surface area contributed by atoms with E-state index in [1.54, 1.807) is 18.2 Å². The molecule has 2 aliphatic rings. The molecule has 90 valence electrons. The number of aliphatic hydroxyl groups is 2. The highest BCUT2D eigenvalue weighted by Crippen LogP contribution is 2.52. The van der Waals surface area contributed by atoms with Gasteiger partial charge in [-0.1, -0.05) is 24.3 Å². The van der Waals surface area contributed by atoms with Crippen LogP contribution in [0.4, 0.5) is 0 Å². The molecule has 1 aromatic rings. The summed E-state index contributed by atoms with van der Waals surface area (Å²) >= 11 is 0. The highest BCUT2D eigenvalue weighted by atomic mass is 16.4. The Morgan fingerprint density at radius 2 is 2.06 bits per heavy atom. The molecule has 2 N–H and O–H groups in total. The van der Waals surface area contributed by atoms with Crippen molar-refractivity contribution in [1.29, 1.82) is 5.26 Å². The summed E-state index contributed by atoms with van der Waals surface area (Å²) in [5.74, 6) is -1.77. The minimum atomic E-state index is -2.20. The van der Waals surface area contributed by atoms with E-state index < -0.39 is 23.0 Å². The van der Waals surface area contributed by atoms with Gasteiger partial charge in [-0.05, 0) is 6.92 Å². The average molecular weight is 242 g/mol. The molecule has 3 atom stereocenters. The van der Waals surface area contributed by atoms with E-state index in [2.05, 4.69) is 4.99 Å². The predicted molar refractivity (Wildman–Crippen MR) is 61.8 cm³/mol. The van der Waals surface area contributed by atoms with Gasteiger partial charge in [0.05, 0.1) is 6.07 Å². The van der Waals surface area contributed by atoms with Gasteiger partial charge in [0.1, 0.15) is 5.92 Å². The highest BCUT2D eigenvalue weighted by Gasteiger charge is 2.70. The zero-order chi connectivity index (χ0) is 13.1. The summed E-state index contributed by atoms with van der Waals surface area (Å²) in [4.78, 5) is 16.3. The van der Waals surface area contributed by atoms with Crippen molar-refractivity contribution in [1.82, 2.24) is 0 Å². The molecule has 0 amide bonds. The summed E-state index contributed by atoms with van der Waals surface area (Å²) in [6, 6.07) is 8.21. The highest BCUT2D eigenvalue weighted by molar-refractivity contribution is 6.14. The third kappa shape index (κ3) is 0.905. The van der Waals surface area contributed by atoms with Crippen LogP contribution in [0, 0.1) is 17.2 Å². The van der Waals surface area contributed by atoms with Gasteiger partial charge >= 0.3 is 0 Å². The molecule has 0 bridgehead atoms. The molecule has 1 unspecified atom stereocenters. The van der Waals surface area contributed by atoms with E-state index in [9.17, 15) is 15.0 Å². The van der Waals surface area contributed by atoms with Crippen LogP contribution in [-0.4, -0.2) is 27.3 Å². The lowest BCUT2D eigenvalue weighted by atomic mass is 9.80. The van der Waals surface area contributed by atoms with Crippen LogP contribution in [0.3, 0.4) is 0 Å². The summed E-state index contributed by atoms with van der Waals surface area (Å²) < 4.78 is 0. The number of rotatable bonds is 0. The molecule has 0 spiro atoms. The van der Waals surface area contributed by atoms with Gasteiger partial charge in [-0.25, -0.2) is 0 Å². The Kier molecular flexibility index (Phi) is 1.88. The molecule has 1 aliphatic heterocycles. The van der Waals surface area contributed by atoms with Crippen molar-refractivity contribution >= 4 is 11.5 Å². The molecular formula is C13H10N2O3. The summed E-state index contributed by atoms with van der Waals surface area (Å²) in [5.41, 5.74) is -3.49. The van der Waals surface area contributed by atoms with Crippen LogP contribution in [0.15, 0.2) is 29.3 Å². The maximum Gasteiger partial charge on any atom is 0.221 e. The lowest BCUT2D eigenvalue weighted by molar-refractivity contribution is -0.114. The number of Topliss-reactive ketones (excluding diaryl/α,β-unsaturated/α-hetero) is 1. The monoisotopic (exact) mass is 242 g/mol. The van der Waals surface area contributed by atoms with Crippen LogP contribution >= 0.6 is 0 Å². The number of carbonyl (C=O) groups excluding carboxylic acids is 1. The number of nitriles is 1. The van der Waals surface area contributed by atoms with Crippen LogP contribution in [0.5, 0.6) is 0 Å². The Morgan fingerprint density at radius 1 is 1.39 bits per heavy atom. The number of carbonyl (C=O) groups is 1. The van der Waals surface area contributed by atoms with Crippen LogP contribution in [0.2, 0.25) is 0 Å². The summed E-state index contributed by atoms with van der Waals surface area (Å²) in [7, 11) is 0. The molecule has 0 fully saturated rings. The number of fused-ring (bicyclic) bond motifs is 3. The normalized spacial score (nSPS) is 36.9. The number of hydrogen-bond donors (Lipinski definition) is 2. The molecular weight excluding hydrogens is 232 g/mol. The van der Waals surface area contributed by atoms with Crippen molar-refractivity contribution in [2.75, 3.05) is 0 Å². The zero-order valence-corrected chi connectivity index (χ0v) is 9.58. The van der Waals surface area contributed by atoms with Crippen molar-refractivity contribution in [2.45, 2.75) is 18.2 Å². The second kappa shape index (κ2) is 3.05. The van der Waals surface area contributed by atoms with Gasteiger partial charge in [-0.3, -0.25) is 9.79 Å². The van der Waals surface area contributed by atoms with Crippen molar-refractivity contribution in [3.8, 4) is 6.07 Å². The molecule has 5 heteroatoms. The Labute approximate surface area is 103 Å². The van der Waals surface area contributed by atoms with E-state index in [0.717, 1.165) is 0 Å². The lowest BCUT2D eigenvalue weighted by Gasteiger charge is -2.29. The van der Waals surface area contributed by atoms with Crippen LogP contribution in [-0.2, 0) is 5.72 Å². The van der Waals surface area contributed by atoms with Gasteiger partial charge in [-0.15, -0.1) is 0 Å². The molecule has 1 aromatic carbocycles. The molecule has 1 aliphatic carbocycles. The van der Waals surface area contributed by atoms with Gasteiger partial charge in [0, 0.05) is 16.8 Å². The Balaban J connectivity index is 2.36. The van der Waals surface area contributed by atoms with E-state index in [-0.39, 0.29) is 16.8 Å². The third-order valence-electron chi connectivity index (χ3n) is 3.73. The summed E-state index contributed by atoms with van der Waals surface area (Å²) in [6.07, 6.45) is 0. The predicted octanol–water partition coefficient (Wildman–Crippen LogP) is 0.373. The van der Waals surface area contributed by atoms with Gasteiger partial charge in [0.15, 0.2) is 0 Å². The number of hydrogen-bond acceptors (Lipinski definition) is 5. The van der Waals surface area contributed by atoms with Gasteiger partial charge < -0.3 is 10.2 Å². The molecule has 3 rings (SSSR count). The minimum absolute atomic E-state index is 0.221. The minimum Gasteiger partial charge on any atom is -0.375 e. The van der Waals surface area contributed by atoms with Crippen LogP contribution in [0.25, 0.3) is 0 Å². The smallest absolute Gasteiger partial charge is 0.221 e. The SMILES string of the molecule is CC1=N[C@@]2(O)c3ccccc3C(=O)[C@]2(O)C1C#N. The zero-order valence-electron chi connectivity index (χ0n) is 9.58. The van der Waals surface area contributed by atoms with E-state index in [1.165, 1.54) is 13.0 Å². The second-order valence-corrected chi connectivity index (χ2v) is 4.63. The first-order valence-corrected chi connectivity index (χ1v) is 5.52. The fraction of sp³-hybridized carbons (Fsp3) is 0.308. The third-order valence-corrected chi connectivity index (χ3v) is 3.73. The molecule has 18 heavy (non-hydrogen) atoms. The Morgan fingerprint density at radius 3 is 2.72 bits per heavy atom. The van der Waals surface area contributed by atoms with Crippen molar-refractivity contribution in [3.63, 3.8) is 0 Å². The number of benzene rings is 1. The Hall–Kier alpha value is -2.03. The van der Waals surface area contributed by atoms with Gasteiger partial charge in [-0.2, -0.15) is 5.26 Å². The molecule has 0 radical (unpaired) electrons. The fourth-order valence-corrected chi connectivity index (χ4v) is 2.84.